The fraction of sp³-hybridized carbons (Fsp3) is 0.500. The maximum Gasteiger partial charge on any atom is 0.239 e. The van der Waals surface area contributed by atoms with E-state index in [9.17, 15) is 9.59 Å². The number of nitrogens with zero attached hydrogens (tertiary/aromatic N) is 1. The average Bonchev–Trinajstić information content (AvgIpc) is 2.80. The molecule has 1 aliphatic rings. The standard InChI is InChI=1S/C12H16N2O2S/c13-10-3-1-2-5-14(12(10)16)7-11(15)9-4-6-17-8-9/h4,6,8,10H,1-3,5,7,13H2/t10-/m0/s1. The molecule has 1 aliphatic heterocycles. The highest BCUT2D eigenvalue weighted by Crippen LogP contribution is 2.13. The van der Waals surface area contributed by atoms with Crippen molar-refractivity contribution in [1.82, 2.24) is 4.90 Å². The fourth-order valence-electron chi connectivity index (χ4n) is 1.98. The summed E-state index contributed by atoms with van der Waals surface area (Å²) in [6.07, 6.45) is 2.61. The molecule has 2 N–H and O–H groups in total. The number of likely N-dealkylation sites (tertiary alicyclic amines) is 1. The molecule has 0 aromatic carbocycles. The highest BCUT2D eigenvalue weighted by molar-refractivity contribution is 7.08. The van der Waals surface area contributed by atoms with Gasteiger partial charge in [0.15, 0.2) is 5.78 Å². The van der Waals surface area contributed by atoms with Crippen molar-refractivity contribution in [2.45, 2.75) is 25.3 Å². The van der Waals surface area contributed by atoms with Crippen molar-refractivity contribution in [3.8, 4) is 0 Å². The number of carbonyl (C=O) groups is 2. The molecule has 4 nitrogen and oxygen atoms in total. The second-order valence-corrected chi connectivity index (χ2v) is 5.08. The van der Waals surface area contributed by atoms with E-state index < -0.39 is 6.04 Å². The summed E-state index contributed by atoms with van der Waals surface area (Å²) in [5.41, 5.74) is 6.44. The summed E-state index contributed by atoms with van der Waals surface area (Å²) in [5.74, 6) is -0.0974. The molecule has 0 aliphatic carbocycles. The molecule has 92 valence electrons. The van der Waals surface area contributed by atoms with Gasteiger partial charge in [-0.1, -0.05) is 0 Å². The van der Waals surface area contributed by atoms with E-state index in [-0.39, 0.29) is 18.2 Å². The zero-order valence-corrected chi connectivity index (χ0v) is 10.4. The molecule has 2 rings (SSSR count). The molecule has 5 heteroatoms. The van der Waals surface area contributed by atoms with E-state index in [1.54, 1.807) is 11.0 Å². The lowest BCUT2D eigenvalue weighted by atomic mass is 10.1. The number of rotatable bonds is 3. The van der Waals surface area contributed by atoms with Crippen LogP contribution in [0.1, 0.15) is 29.6 Å². The average molecular weight is 252 g/mol. The summed E-state index contributed by atoms with van der Waals surface area (Å²) in [5, 5.41) is 3.67. The van der Waals surface area contributed by atoms with Crippen molar-refractivity contribution < 1.29 is 9.59 Å². The van der Waals surface area contributed by atoms with E-state index in [1.165, 1.54) is 11.3 Å². The zero-order valence-electron chi connectivity index (χ0n) is 9.59. The Labute approximate surface area is 104 Å². The third kappa shape index (κ3) is 2.92. The minimum Gasteiger partial charge on any atom is -0.334 e. The summed E-state index contributed by atoms with van der Waals surface area (Å²) in [6.45, 7) is 0.797. The van der Waals surface area contributed by atoms with Crippen molar-refractivity contribution in [1.29, 1.82) is 0 Å². The van der Waals surface area contributed by atoms with Crippen molar-refractivity contribution in [2.75, 3.05) is 13.1 Å². The highest BCUT2D eigenvalue weighted by atomic mass is 32.1. The number of Topliss-reactive ketones (excluding diaryl/α,β-unsaturated/α-hetero) is 1. The van der Waals surface area contributed by atoms with Crippen LogP contribution in [0.2, 0.25) is 0 Å². The van der Waals surface area contributed by atoms with E-state index in [0.717, 1.165) is 19.3 Å². The van der Waals surface area contributed by atoms with Crippen LogP contribution in [0.25, 0.3) is 0 Å². The van der Waals surface area contributed by atoms with E-state index in [1.807, 2.05) is 10.8 Å². The fourth-order valence-corrected chi connectivity index (χ4v) is 2.64. The molecule has 0 spiro atoms. The number of amides is 1. The number of nitrogens with two attached hydrogens (primary N) is 1. The van der Waals surface area contributed by atoms with E-state index in [4.69, 9.17) is 5.73 Å². The summed E-state index contributed by atoms with van der Waals surface area (Å²) in [6, 6.07) is 1.35. The van der Waals surface area contributed by atoms with Gasteiger partial charge < -0.3 is 10.6 Å². The second kappa shape index (κ2) is 5.42. The SMILES string of the molecule is N[C@H]1CCCCN(CC(=O)c2ccsc2)C1=O. The van der Waals surface area contributed by atoms with Gasteiger partial charge in [0.1, 0.15) is 0 Å². The van der Waals surface area contributed by atoms with Crippen LogP contribution in [0.15, 0.2) is 16.8 Å². The molecule has 0 unspecified atom stereocenters. The minimum atomic E-state index is -0.437. The van der Waals surface area contributed by atoms with Gasteiger partial charge in [-0.15, -0.1) is 0 Å². The lowest BCUT2D eigenvalue weighted by molar-refractivity contribution is -0.131. The Hall–Kier alpha value is -1.20. The highest BCUT2D eigenvalue weighted by Gasteiger charge is 2.25. The zero-order chi connectivity index (χ0) is 12.3. The van der Waals surface area contributed by atoms with Crippen LogP contribution in [0, 0.1) is 0 Å². The molecule has 1 amide bonds. The summed E-state index contributed by atoms with van der Waals surface area (Å²) >= 11 is 1.49. The van der Waals surface area contributed by atoms with Gasteiger partial charge in [0.05, 0.1) is 12.6 Å². The first kappa shape index (κ1) is 12.3. The van der Waals surface area contributed by atoms with E-state index in [0.29, 0.717) is 12.1 Å². The molecule has 1 aromatic rings. The third-order valence-electron chi connectivity index (χ3n) is 3.00. The molecular formula is C12H16N2O2S. The van der Waals surface area contributed by atoms with E-state index in [2.05, 4.69) is 0 Å². The Morgan fingerprint density at radius 3 is 3.06 bits per heavy atom. The van der Waals surface area contributed by atoms with Gasteiger partial charge in [-0.3, -0.25) is 9.59 Å². The first-order valence-electron chi connectivity index (χ1n) is 5.78. The molecule has 1 aromatic heterocycles. The molecule has 0 bridgehead atoms. The predicted octanol–water partition coefficient (Wildman–Crippen LogP) is 1.27. The first-order valence-corrected chi connectivity index (χ1v) is 6.72. The van der Waals surface area contributed by atoms with Crippen LogP contribution in [-0.2, 0) is 4.79 Å². The Balaban J connectivity index is 2.02. The Morgan fingerprint density at radius 2 is 2.35 bits per heavy atom. The van der Waals surface area contributed by atoms with Gasteiger partial charge in [0.25, 0.3) is 0 Å². The van der Waals surface area contributed by atoms with Crippen molar-refractivity contribution >= 4 is 23.0 Å². The van der Waals surface area contributed by atoms with Gasteiger partial charge in [-0.05, 0) is 30.7 Å². The second-order valence-electron chi connectivity index (χ2n) is 4.30. The predicted molar refractivity (Wildman–Crippen MR) is 67.1 cm³/mol. The van der Waals surface area contributed by atoms with Crippen LogP contribution in [0.5, 0.6) is 0 Å². The Morgan fingerprint density at radius 1 is 1.53 bits per heavy atom. The number of ketones is 1. The normalized spacial score (nSPS) is 21.4. The summed E-state index contributed by atoms with van der Waals surface area (Å²) < 4.78 is 0. The quantitative estimate of drug-likeness (QED) is 0.824. The summed E-state index contributed by atoms with van der Waals surface area (Å²) in [7, 11) is 0. The third-order valence-corrected chi connectivity index (χ3v) is 3.68. The van der Waals surface area contributed by atoms with Crippen molar-refractivity contribution in [2.24, 2.45) is 5.73 Å². The molecule has 17 heavy (non-hydrogen) atoms. The number of hydrogen-bond donors (Lipinski definition) is 1. The van der Waals surface area contributed by atoms with Crippen LogP contribution in [-0.4, -0.2) is 35.7 Å². The largest absolute Gasteiger partial charge is 0.334 e. The van der Waals surface area contributed by atoms with Crippen LogP contribution < -0.4 is 5.73 Å². The molecule has 0 radical (unpaired) electrons. The van der Waals surface area contributed by atoms with Crippen molar-refractivity contribution in [3.05, 3.63) is 22.4 Å². The van der Waals surface area contributed by atoms with Crippen LogP contribution >= 0.6 is 11.3 Å². The number of thiophene rings is 1. The number of hydrogen-bond acceptors (Lipinski definition) is 4. The topological polar surface area (TPSA) is 63.4 Å². The van der Waals surface area contributed by atoms with Gasteiger partial charge in [-0.2, -0.15) is 11.3 Å². The molecule has 1 fully saturated rings. The van der Waals surface area contributed by atoms with Gasteiger partial charge >= 0.3 is 0 Å². The molecule has 1 saturated heterocycles. The lowest BCUT2D eigenvalue weighted by Gasteiger charge is -2.21. The van der Waals surface area contributed by atoms with Gasteiger partial charge in [-0.25, -0.2) is 0 Å². The van der Waals surface area contributed by atoms with Crippen molar-refractivity contribution in [3.63, 3.8) is 0 Å². The molecule has 1 atom stereocenters. The molecule has 2 heterocycles. The summed E-state index contributed by atoms with van der Waals surface area (Å²) in [4.78, 5) is 25.4. The van der Waals surface area contributed by atoms with Gasteiger partial charge in [0.2, 0.25) is 5.91 Å². The smallest absolute Gasteiger partial charge is 0.239 e. The van der Waals surface area contributed by atoms with Gasteiger partial charge in [0, 0.05) is 17.5 Å². The molecular weight excluding hydrogens is 236 g/mol. The monoisotopic (exact) mass is 252 g/mol. The van der Waals surface area contributed by atoms with E-state index >= 15 is 0 Å². The maximum absolute atomic E-state index is 11.9. The Kier molecular flexibility index (Phi) is 3.91. The Bertz CT molecular complexity index is 403. The number of carbonyl (C=O) groups excluding carboxylic acids is 2. The van der Waals surface area contributed by atoms with Crippen LogP contribution in [0.3, 0.4) is 0 Å². The lowest BCUT2D eigenvalue weighted by Crippen LogP contribution is -2.44. The minimum absolute atomic E-state index is 0.00583. The molecule has 0 saturated carbocycles. The van der Waals surface area contributed by atoms with Crippen LogP contribution in [0.4, 0.5) is 0 Å². The first-order chi connectivity index (χ1) is 8.18. The maximum atomic E-state index is 11.9.